The van der Waals surface area contributed by atoms with Crippen molar-refractivity contribution < 1.29 is 45.6 Å². The van der Waals surface area contributed by atoms with Crippen LogP contribution in [0.15, 0.2) is 61.2 Å². The van der Waals surface area contributed by atoms with E-state index in [0.717, 1.165) is 85.7 Å². The van der Waals surface area contributed by atoms with Crippen LogP contribution in [0.2, 0.25) is 0 Å². The molecule has 2 aromatic carbocycles. The SMILES string of the molecule is O=C1CCC(N2C(=O)c3ccc(N4CCC(CN5CC6(C5)CN(c5ncc(-c7cnc8[nH]cc(C(=O)c9c(F)ccc(NS(=O)(=O)N%10CC[C@@H](F)C%10)c9F)c8c7)cn5)C6)CC4)cc3C2=O)C(=O)C1. The first-order chi connectivity index (χ1) is 32.6. The van der Waals surface area contributed by atoms with Gasteiger partial charge in [-0.1, -0.05) is 0 Å². The summed E-state index contributed by atoms with van der Waals surface area (Å²) < 4.78 is 73.0. The minimum Gasteiger partial charge on any atom is -0.371 e. The molecular formula is C47H45F3N10O7S. The number of aromatic nitrogens is 4. The maximum atomic E-state index is 15.7. The van der Waals surface area contributed by atoms with Crippen molar-refractivity contribution in [3.63, 3.8) is 0 Å². The number of imide groups is 1. The number of carbonyl (C=O) groups excluding carboxylic acids is 5. The van der Waals surface area contributed by atoms with Gasteiger partial charge in [-0.05, 0) is 68.0 Å². The van der Waals surface area contributed by atoms with Gasteiger partial charge < -0.3 is 19.7 Å². The number of piperidine rings is 1. The fourth-order valence-electron chi connectivity index (χ4n) is 10.8. The second-order valence-corrected chi connectivity index (χ2v) is 20.6. The number of nitrogens with one attached hydrogen (secondary N) is 2. The zero-order chi connectivity index (χ0) is 47.2. The van der Waals surface area contributed by atoms with Crippen molar-refractivity contribution in [2.75, 3.05) is 73.4 Å². The number of rotatable bonds is 11. The highest BCUT2D eigenvalue weighted by Crippen LogP contribution is 2.42. The third-order valence-corrected chi connectivity index (χ3v) is 15.8. The summed E-state index contributed by atoms with van der Waals surface area (Å²) in [6, 6.07) is 7.73. The van der Waals surface area contributed by atoms with Crippen LogP contribution in [-0.4, -0.2) is 143 Å². The number of benzene rings is 2. The predicted octanol–water partition coefficient (Wildman–Crippen LogP) is 4.55. The Kier molecular flexibility index (Phi) is 10.7. The molecule has 1 aliphatic carbocycles. The Morgan fingerprint density at radius 1 is 0.838 bits per heavy atom. The molecule has 352 valence electrons. The van der Waals surface area contributed by atoms with E-state index >= 15 is 8.78 Å². The molecule has 5 aliphatic heterocycles. The van der Waals surface area contributed by atoms with E-state index in [2.05, 4.69) is 34.6 Å². The van der Waals surface area contributed by atoms with E-state index in [0.29, 0.717) is 34.1 Å². The molecule has 8 heterocycles. The maximum absolute atomic E-state index is 15.7. The first kappa shape index (κ1) is 44.0. The molecule has 2 N–H and O–H groups in total. The quantitative estimate of drug-likeness (QED) is 0.106. The van der Waals surface area contributed by atoms with E-state index in [1.165, 1.54) is 6.20 Å². The number of carbonyl (C=O) groups is 5. The summed E-state index contributed by atoms with van der Waals surface area (Å²) in [6.07, 6.45) is 6.88. The van der Waals surface area contributed by atoms with E-state index in [1.54, 1.807) is 36.8 Å². The number of pyridine rings is 1. The van der Waals surface area contributed by atoms with Gasteiger partial charge >= 0.3 is 10.2 Å². The summed E-state index contributed by atoms with van der Waals surface area (Å²) in [7, 11) is -4.37. The lowest BCUT2D eigenvalue weighted by atomic mass is 9.72. The van der Waals surface area contributed by atoms with E-state index in [9.17, 15) is 36.8 Å². The number of amides is 2. The highest BCUT2D eigenvalue weighted by atomic mass is 32.2. The van der Waals surface area contributed by atoms with Crippen molar-refractivity contribution >= 4 is 67.7 Å². The highest BCUT2D eigenvalue weighted by molar-refractivity contribution is 7.90. The van der Waals surface area contributed by atoms with E-state index < -0.39 is 69.5 Å². The van der Waals surface area contributed by atoms with Gasteiger partial charge in [0.2, 0.25) is 11.7 Å². The third-order valence-electron chi connectivity index (χ3n) is 14.3. The molecule has 21 heteroatoms. The molecule has 0 bridgehead atoms. The van der Waals surface area contributed by atoms with Gasteiger partial charge in [-0.2, -0.15) is 12.7 Å². The van der Waals surface area contributed by atoms with Gasteiger partial charge in [-0.3, -0.25) is 33.6 Å². The number of alkyl halides is 1. The van der Waals surface area contributed by atoms with Crippen LogP contribution in [0.5, 0.6) is 0 Å². The molecule has 17 nitrogen and oxygen atoms in total. The van der Waals surface area contributed by atoms with Crippen LogP contribution in [0.3, 0.4) is 0 Å². The second kappa shape index (κ2) is 16.6. The van der Waals surface area contributed by atoms with Crippen molar-refractivity contribution in [1.82, 2.24) is 34.0 Å². The number of hydrogen-bond donors (Lipinski definition) is 2. The number of H-pyrrole nitrogens is 1. The number of aromatic amines is 1. The molecule has 3 aromatic heterocycles. The topological polar surface area (TPSA) is 202 Å². The molecule has 2 amide bonds. The Morgan fingerprint density at radius 3 is 2.29 bits per heavy atom. The number of fused-ring (bicyclic) bond motifs is 2. The first-order valence-corrected chi connectivity index (χ1v) is 24.1. The zero-order valence-corrected chi connectivity index (χ0v) is 37.4. The zero-order valence-electron chi connectivity index (χ0n) is 36.6. The average molecular weight is 951 g/mol. The lowest BCUT2D eigenvalue weighted by Gasteiger charge is -2.61. The molecular weight excluding hydrogens is 906 g/mol. The normalized spacial score (nSPS) is 22.3. The second-order valence-electron chi connectivity index (χ2n) is 19.0. The Morgan fingerprint density at radius 2 is 1.57 bits per heavy atom. The minimum atomic E-state index is -4.37. The van der Waals surface area contributed by atoms with Crippen LogP contribution in [-0.2, 0) is 19.8 Å². The van der Waals surface area contributed by atoms with Crippen LogP contribution in [0.25, 0.3) is 22.2 Å². The summed E-state index contributed by atoms with van der Waals surface area (Å²) in [6.45, 7) is 5.73. The number of Topliss-reactive ketones (excluding diaryl/α,β-unsaturated/α-hetero) is 2. The van der Waals surface area contributed by atoms with E-state index in [4.69, 9.17) is 0 Å². The molecule has 11 rings (SSSR count). The Balaban J connectivity index is 0.674. The summed E-state index contributed by atoms with van der Waals surface area (Å²) in [5.41, 5.74) is 1.39. The van der Waals surface area contributed by atoms with Gasteiger partial charge in [0.1, 0.15) is 23.4 Å². The molecule has 6 aliphatic rings. The number of hydrogen-bond acceptors (Lipinski definition) is 13. The average Bonchev–Trinajstić information content (AvgIpc) is 4.01. The van der Waals surface area contributed by atoms with Gasteiger partial charge in [0, 0.05) is 123 Å². The van der Waals surface area contributed by atoms with Crippen molar-refractivity contribution in [3.05, 3.63) is 95.1 Å². The standard InChI is InChI=1S/C47H45F3N10O7S/c48-29-9-12-59(21-29)68(66,67)55-37-5-4-36(49)40(41(37)50)42(63)35-19-52-43-33(35)13-27(16-51-43)28-17-53-46(54-18-28)58-24-47(25-58)22-56(23-47)20-26-7-10-57(11-8-26)30-1-3-32-34(14-30)45(65)60(44(32)64)38-6-2-31(61)15-39(38)62/h1,3-5,13-14,16-19,26,29,38,55H,2,6-12,15,20-25H2,(H,51,52)/t29-,38?/m1/s1. The van der Waals surface area contributed by atoms with Gasteiger partial charge in [-0.15, -0.1) is 0 Å². The summed E-state index contributed by atoms with van der Waals surface area (Å²) in [4.78, 5) is 89.0. The monoisotopic (exact) mass is 950 g/mol. The number of nitrogens with zero attached hydrogens (tertiary/aromatic N) is 8. The van der Waals surface area contributed by atoms with E-state index in [1.807, 2.05) is 10.8 Å². The van der Waals surface area contributed by atoms with Gasteiger partial charge in [-0.25, -0.2) is 28.1 Å². The van der Waals surface area contributed by atoms with Crippen LogP contribution >= 0.6 is 0 Å². The molecule has 5 fully saturated rings. The highest BCUT2D eigenvalue weighted by Gasteiger charge is 2.52. The van der Waals surface area contributed by atoms with Gasteiger partial charge in [0.15, 0.2) is 11.6 Å². The molecule has 0 radical (unpaired) electrons. The minimum absolute atomic E-state index is 0.00727. The fraction of sp³-hybridized carbons (Fsp3) is 0.404. The predicted molar refractivity (Wildman–Crippen MR) is 241 cm³/mol. The Labute approximate surface area is 387 Å². The molecule has 5 aromatic rings. The molecule has 1 unspecified atom stereocenters. The lowest BCUT2D eigenvalue weighted by Crippen LogP contribution is -2.72. The van der Waals surface area contributed by atoms with E-state index in [-0.39, 0.29) is 65.8 Å². The molecule has 1 spiro atoms. The largest absolute Gasteiger partial charge is 0.371 e. The van der Waals surface area contributed by atoms with Crippen LogP contribution in [0.1, 0.15) is 75.2 Å². The van der Waals surface area contributed by atoms with Crippen LogP contribution in [0, 0.1) is 23.0 Å². The van der Waals surface area contributed by atoms with Gasteiger partial charge in [0.25, 0.3) is 11.8 Å². The number of ketones is 3. The Bertz CT molecular complexity index is 3060. The number of likely N-dealkylation sites (tertiary alicyclic amines) is 1. The van der Waals surface area contributed by atoms with Crippen molar-refractivity contribution in [3.8, 4) is 11.1 Å². The number of halogens is 3. The van der Waals surface area contributed by atoms with Crippen molar-refractivity contribution in [1.29, 1.82) is 0 Å². The lowest BCUT2D eigenvalue weighted by molar-refractivity contribution is -0.132. The molecule has 1 saturated carbocycles. The van der Waals surface area contributed by atoms with Crippen LogP contribution < -0.4 is 14.5 Å². The third kappa shape index (κ3) is 7.69. The summed E-state index contributed by atoms with van der Waals surface area (Å²) in [5, 5.41) is 0.274. The smallest absolute Gasteiger partial charge is 0.301 e. The Hall–Kier alpha value is -6.58. The van der Waals surface area contributed by atoms with Crippen molar-refractivity contribution in [2.24, 2.45) is 11.3 Å². The van der Waals surface area contributed by atoms with Gasteiger partial charge in [0.05, 0.1) is 34.8 Å². The number of anilines is 3. The summed E-state index contributed by atoms with van der Waals surface area (Å²) in [5.74, 6) is -4.02. The molecule has 68 heavy (non-hydrogen) atoms. The maximum Gasteiger partial charge on any atom is 0.301 e. The van der Waals surface area contributed by atoms with Crippen LogP contribution in [0.4, 0.5) is 30.5 Å². The summed E-state index contributed by atoms with van der Waals surface area (Å²) >= 11 is 0. The van der Waals surface area contributed by atoms with Crippen molar-refractivity contribution in [2.45, 2.75) is 50.7 Å². The first-order valence-electron chi connectivity index (χ1n) is 22.7. The molecule has 4 saturated heterocycles. The molecule has 2 atom stereocenters. The fourth-order valence-corrected chi connectivity index (χ4v) is 12.1.